The highest BCUT2D eigenvalue weighted by Crippen LogP contribution is 2.26. The van der Waals surface area contributed by atoms with Crippen LogP contribution in [0.5, 0.6) is 0 Å². The smallest absolute Gasteiger partial charge is 0.234 e. The highest BCUT2D eigenvalue weighted by atomic mass is 16.7. The van der Waals surface area contributed by atoms with Gasteiger partial charge in [0, 0.05) is 78.5 Å². The Balaban J connectivity index is 0.824. The van der Waals surface area contributed by atoms with Crippen LogP contribution in [0, 0.1) is 0 Å². The molecule has 4 amide bonds. The lowest BCUT2D eigenvalue weighted by Crippen LogP contribution is -2.59. The van der Waals surface area contributed by atoms with Gasteiger partial charge in [-0.1, -0.05) is 20.9 Å². The number of aryl methyl sites for hydroxylation is 4. The summed E-state index contributed by atoms with van der Waals surface area (Å²) >= 11 is 0. The van der Waals surface area contributed by atoms with Crippen LogP contribution in [-0.4, -0.2) is 439 Å². The molecule has 0 unspecified atom stereocenters. The van der Waals surface area contributed by atoms with Crippen LogP contribution in [-0.2, 0) is 109 Å². The van der Waals surface area contributed by atoms with E-state index in [0.29, 0.717) is 48.5 Å². The summed E-state index contributed by atoms with van der Waals surface area (Å²) < 4.78 is 50.1. The molecule has 20 atom stereocenters. The van der Waals surface area contributed by atoms with E-state index in [1.54, 1.807) is 24.8 Å². The van der Waals surface area contributed by atoms with Crippen LogP contribution in [0.15, 0.2) is 24.8 Å². The predicted molar refractivity (Wildman–Crippen MR) is 371 cm³/mol. The van der Waals surface area contributed by atoms with Gasteiger partial charge in [0.1, 0.15) is 120 Å². The zero-order valence-electron chi connectivity index (χ0n) is 61.7. The Kier molecular flexibility index (Phi) is 35.9. The first-order chi connectivity index (χ1) is 53.9. The van der Waals surface area contributed by atoms with Crippen molar-refractivity contribution in [3.63, 3.8) is 0 Å². The summed E-state index contributed by atoms with van der Waals surface area (Å²) in [5.41, 5.74) is 1.65. The van der Waals surface area contributed by atoms with Gasteiger partial charge < -0.3 is 141 Å². The molecule has 0 saturated carbocycles. The van der Waals surface area contributed by atoms with Gasteiger partial charge in [0.05, 0.1) is 130 Å². The van der Waals surface area contributed by atoms with Crippen molar-refractivity contribution in [1.82, 2.24) is 101 Å². The fourth-order valence-corrected chi connectivity index (χ4v) is 12.6. The zero-order chi connectivity index (χ0) is 80.4. The summed E-state index contributed by atoms with van der Waals surface area (Å²) in [5, 5.41) is 205. The van der Waals surface area contributed by atoms with Crippen LogP contribution in [0.25, 0.3) is 0 Å². The van der Waals surface area contributed by atoms with Crippen molar-refractivity contribution < 1.29 is 139 Å². The van der Waals surface area contributed by atoms with Crippen LogP contribution in [0.1, 0.15) is 48.5 Å². The minimum absolute atomic E-state index is 0.0209. The molecule has 9 rings (SSSR count). The van der Waals surface area contributed by atoms with Crippen LogP contribution in [0.2, 0.25) is 0 Å². The third kappa shape index (κ3) is 26.7. The first-order valence-electron chi connectivity index (χ1n) is 37.1. The highest BCUT2D eigenvalue weighted by molar-refractivity contribution is 5.79. The average Bonchev–Trinajstić information content (AvgIpc) is 0.857. The molecule has 0 radical (unpaired) electrons. The molecule has 5 fully saturated rings. The minimum atomic E-state index is -1.60. The van der Waals surface area contributed by atoms with Gasteiger partial charge >= 0.3 is 0 Å². The van der Waals surface area contributed by atoms with Gasteiger partial charge in [-0.05, 0) is 25.7 Å². The fraction of sp³-hybridized carbons (Fsp3) is 0.812. The van der Waals surface area contributed by atoms with E-state index in [1.165, 1.54) is 18.7 Å². The van der Waals surface area contributed by atoms with E-state index >= 15 is 0 Å². The quantitative estimate of drug-likeness (QED) is 0.0184. The first kappa shape index (κ1) is 89.3. The second kappa shape index (κ2) is 45.0. The number of hydrogen-bond acceptors (Lipinski definition) is 40. The summed E-state index contributed by atoms with van der Waals surface area (Å²) in [6.45, 7) is -0.0905. The molecule has 4 aromatic heterocycles. The van der Waals surface area contributed by atoms with E-state index in [4.69, 9.17) is 37.9 Å². The Labute approximate surface area is 641 Å². The predicted octanol–water partition coefficient (Wildman–Crippen LogP) is -14.3. The average molecular weight is 1610 g/mol. The summed E-state index contributed by atoms with van der Waals surface area (Å²) in [5.74, 6) is -1.59. The van der Waals surface area contributed by atoms with Gasteiger partial charge in [-0.2, -0.15) is 0 Å². The van der Waals surface area contributed by atoms with Crippen LogP contribution in [0.3, 0.4) is 0 Å². The molecule has 5 aliphatic rings. The van der Waals surface area contributed by atoms with Gasteiger partial charge in [-0.25, -0.2) is 0 Å². The molecule has 5 saturated heterocycles. The number of nitrogens with zero attached hydrogens (tertiary/aromatic N) is 16. The molecular formula is C64H108N20O28. The van der Waals surface area contributed by atoms with Crippen molar-refractivity contribution in [3.8, 4) is 0 Å². The van der Waals surface area contributed by atoms with E-state index in [1.807, 2.05) is 19.6 Å². The zero-order valence-corrected chi connectivity index (χ0v) is 61.7. The summed E-state index contributed by atoms with van der Waals surface area (Å²) in [6.07, 6.45) is -20.8. The van der Waals surface area contributed by atoms with Gasteiger partial charge in [-0.3, -0.25) is 57.5 Å². The summed E-state index contributed by atoms with van der Waals surface area (Å²) in [7, 11) is 0. The summed E-state index contributed by atoms with van der Waals surface area (Å²) in [4.78, 5) is 63.4. The number of hydrogen-bond donors (Lipinski definition) is 20. The van der Waals surface area contributed by atoms with Crippen molar-refractivity contribution in [2.75, 3.05) is 131 Å². The van der Waals surface area contributed by atoms with E-state index in [2.05, 4.69) is 62.5 Å². The topological polar surface area (TPSA) is 650 Å². The Morgan fingerprint density at radius 1 is 0.321 bits per heavy atom. The number of rotatable bonds is 40. The molecule has 20 N–H and O–H groups in total. The molecule has 5 aliphatic heterocycles. The van der Waals surface area contributed by atoms with Crippen molar-refractivity contribution in [2.45, 2.75) is 201 Å². The molecular weight excluding hydrogens is 1500 g/mol. The Morgan fingerprint density at radius 2 is 0.518 bits per heavy atom. The van der Waals surface area contributed by atoms with E-state index in [-0.39, 0.29) is 157 Å². The van der Waals surface area contributed by atoms with Gasteiger partial charge in [0.25, 0.3) is 0 Å². The SMILES string of the molecule is O=C(CN1CCN(CC(=O)NCc2cn(CCCO[C@@H]3O[C@H](CO)[C@@H](O)[C@H](O)[C@H]3O)nn2)CCN(CC(=O)NCc2cn(CCCO[C@@H]3O[C@H](CO)[C@@H](O)[C@H](O)[C@H]3O)nn2)CCN(CC(=O)NCc2cn(CCCO[C@@H]3O[C@H](CO)[C@@H](O)[C@H](O)[C@H]3O)nn2)CC1)NCc1cn(CCCO[C@@H]2O[C@H](CO)[C@@H](O)[C@H](O)[C@H]2O)nn1. The van der Waals surface area contributed by atoms with E-state index in [9.17, 15) is 101 Å². The maximum atomic E-state index is 14.0. The van der Waals surface area contributed by atoms with Gasteiger partial charge in [0.2, 0.25) is 23.6 Å². The molecule has 0 aliphatic carbocycles. The number of amides is 4. The van der Waals surface area contributed by atoms with Gasteiger partial charge in [0.15, 0.2) is 25.2 Å². The molecule has 0 bridgehead atoms. The molecule has 0 aromatic carbocycles. The minimum Gasteiger partial charge on any atom is -0.394 e. The Morgan fingerprint density at radius 3 is 0.705 bits per heavy atom. The second-order valence-electron chi connectivity index (χ2n) is 27.8. The molecule has 112 heavy (non-hydrogen) atoms. The number of aromatic nitrogens is 12. The Hall–Kier alpha value is -6.68. The lowest BCUT2D eigenvalue weighted by Gasteiger charge is -2.39. The molecule has 48 heteroatoms. The lowest BCUT2D eigenvalue weighted by molar-refractivity contribution is -0.301. The number of aliphatic hydroxyl groups excluding tert-OH is 16. The molecule has 9 heterocycles. The number of carbonyl (C=O) groups excluding carboxylic acids is 4. The van der Waals surface area contributed by atoms with Crippen molar-refractivity contribution in [1.29, 1.82) is 0 Å². The van der Waals surface area contributed by atoms with Crippen molar-refractivity contribution in [3.05, 3.63) is 47.6 Å². The molecule has 48 nitrogen and oxygen atoms in total. The molecule has 4 aromatic rings. The normalized spacial score (nSPS) is 30.4. The lowest BCUT2D eigenvalue weighted by atomic mass is 9.99. The van der Waals surface area contributed by atoms with Crippen molar-refractivity contribution >= 4 is 23.6 Å². The van der Waals surface area contributed by atoms with Gasteiger partial charge in [-0.15, -0.1) is 20.4 Å². The largest absolute Gasteiger partial charge is 0.394 e. The van der Waals surface area contributed by atoms with Crippen molar-refractivity contribution in [2.24, 2.45) is 0 Å². The van der Waals surface area contributed by atoms with E-state index < -0.39 is 173 Å². The van der Waals surface area contributed by atoms with Crippen LogP contribution < -0.4 is 21.3 Å². The number of ether oxygens (including phenoxy) is 8. The van der Waals surface area contributed by atoms with E-state index in [0.717, 1.165) is 0 Å². The fourth-order valence-electron chi connectivity index (χ4n) is 12.6. The maximum Gasteiger partial charge on any atom is 0.234 e. The highest BCUT2D eigenvalue weighted by Gasteiger charge is 2.47. The standard InChI is InChI=1S/C64H108N20O28/c85-33-41-49(93)53(97)57(101)61(109-41)105-17-1-5-81-25-37(69-73-81)21-65-45(89)29-77-9-11-78(30-46(90)66-22-38-26-82(74-70-38)6-2-18-106-62-58(102)54(98)50(94)42(34-86)110-62)13-15-80(32-48(92)68-24-40-28-84(76-72-40)8-4-20-108-64-60(104)56(100)52(96)44(36-88)112-64)16-14-79(12-10-77)31-47(91)67-23-39-27-83(75-71-39)7-3-19-107-63-59(103)55(99)51(95)43(35-87)111-63/h25-28,41-44,49-64,85-88,93-104H,1-24,29-36H2,(H,65,89)(H,66,90)(H,67,91)(H,68,92)/t41-,42-,43-,44-,49-,50-,51-,52-,53+,54+,55+,56+,57-,58-,59-,60-,61-,62-,63-,64-/m1/s1. The Bertz CT molecular complexity index is 2990. The van der Waals surface area contributed by atoms with Crippen LogP contribution >= 0.6 is 0 Å². The first-order valence-corrected chi connectivity index (χ1v) is 37.1. The molecule has 632 valence electrons. The van der Waals surface area contributed by atoms with Crippen LogP contribution in [0.4, 0.5) is 0 Å². The second-order valence-corrected chi connectivity index (χ2v) is 27.8. The maximum absolute atomic E-state index is 14.0. The third-order valence-electron chi connectivity index (χ3n) is 19.3. The summed E-state index contributed by atoms with van der Waals surface area (Å²) in [6, 6.07) is 0. The number of aliphatic hydroxyl groups is 16. The number of nitrogens with one attached hydrogen (secondary N) is 4. The molecule has 0 spiro atoms. The monoisotopic (exact) mass is 1600 g/mol. The third-order valence-corrected chi connectivity index (χ3v) is 19.3. The number of carbonyl (C=O) groups is 4.